The van der Waals surface area contributed by atoms with Gasteiger partial charge in [0.1, 0.15) is 11.3 Å². The Balaban J connectivity index is 1.94. The van der Waals surface area contributed by atoms with E-state index in [0.29, 0.717) is 19.0 Å². The number of hydrogen-bond acceptors (Lipinski definition) is 4. The molecule has 1 aliphatic heterocycles. The van der Waals surface area contributed by atoms with Crippen LogP contribution in [0.3, 0.4) is 0 Å². The number of carboxylic acids is 1. The Hall–Kier alpha value is -2.08. The highest BCUT2D eigenvalue weighted by atomic mass is 16.5. The zero-order valence-corrected chi connectivity index (χ0v) is 12.8. The molecule has 6 heteroatoms. The smallest absolute Gasteiger partial charge is 0.329 e. The molecule has 0 aliphatic carbocycles. The zero-order chi connectivity index (χ0) is 16.2. The summed E-state index contributed by atoms with van der Waals surface area (Å²) in [4.78, 5) is 23.5. The standard InChI is InChI=1S/C16H21NO5/c1-11-3-4-13(9-12(11)2)22-10-14(18)17-16(15(19)20)5-7-21-8-6-16/h3-4,9H,5-8,10H2,1-2H3,(H,17,18)(H,19,20). The lowest BCUT2D eigenvalue weighted by Crippen LogP contribution is -2.58. The summed E-state index contributed by atoms with van der Waals surface area (Å²) in [5.74, 6) is -0.882. The van der Waals surface area contributed by atoms with Crippen molar-refractivity contribution in [3.05, 3.63) is 29.3 Å². The topological polar surface area (TPSA) is 84.9 Å². The lowest BCUT2D eigenvalue weighted by molar-refractivity contribution is -0.152. The predicted molar refractivity (Wildman–Crippen MR) is 80.0 cm³/mol. The maximum atomic E-state index is 12.0. The van der Waals surface area contributed by atoms with Crippen LogP contribution in [0.2, 0.25) is 0 Å². The normalized spacial score (nSPS) is 16.8. The molecule has 1 fully saturated rings. The first kappa shape index (κ1) is 16.3. The third-order valence-electron chi connectivity index (χ3n) is 3.98. The molecule has 0 aromatic heterocycles. The van der Waals surface area contributed by atoms with Gasteiger partial charge in [0, 0.05) is 26.1 Å². The van der Waals surface area contributed by atoms with E-state index in [2.05, 4.69) is 5.32 Å². The van der Waals surface area contributed by atoms with Crippen LogP contribution in [0, 0.1) is 13.8 Å². The molecule has 22 heavy (non-hydrogen) atoms. The van der Waals surface area contributed by atoms with E-state index >= 15 is 0 Å². The van der Waals surface area contributed by atoms with Crippen molar-refractivity contribution in [2.45, 2.75) is 32.2 Å². The molecule has 0 bridgehead atoms. The maximum absolute atomic E-state index is 12.0. The molecular formula is C16H21NO5. The van der Waals surface area contributed by atoms with Crippen molar-refractivity contribution in [1.82, 2.24) is 5.32 Å². The summed E-state index contributed by atoms with van der Waals surface area (Å²) in [7, 11) is 0. The van der Waals surface area contributed by atoms with Gasteiger partial charge in [0.2, 0.25) is 0 Å². The molecule has 0 radical (unpaired) electrons. The highest BCUT2D eigenvalue weighted by molar-refractivity contribution is 5.87. The van der Waals surface area contributed by atoms with E-state index in [1.165, 1.54) is 0 Å². The van der Waals surface area contributed by atoms with Crippen LogP contribution in [0.15, 0.2) is 18.2 Å². The molecule has 1 aliphatic rings. The minimum absolute atomic E-state index is 0.210. The van der Waals surface area contributed by atoms with Gasteiger partial charge in [-0.2, -0.15) is 0 Å². The average Bonchev–Trinajstić information content (AvgIpc) is 2.49. The molecule has 1 aromatic carbocycles. The highest BCUT2D eigenvalue weighted by Gasteiger charge is 2.41. The third kappa shape index (κ3) is 3.76. The fraction of sp³-hybridized carbons (Fsp3) is 0.500. The van der Waals surface area contributed by atoms with Crippen molar-refractivity contribution in [3.8, 4) is 5.75 Å². The van der Waals surface area contributed by atoms with Crippen LogP contribution in [0.1, 0.15) is 24.0 Å². The Morgan fingerprint density at radius 2 is 1.95 bits per heavy atom. The lowest BCUT2D eigenvalue weighted by atomic mass is 9.90. The highest BCUT2D eigenvalue weighted by Crippen LogP contribution is 2.21. The quantitative estimate of drug-likeness (QED) is 0.859. The number of rotatable bonds is 5. The van der Waals surface area contributed by atoms with Crippen LogP contribution in [0.5, 0.6) is 5.75 Å². The second-order valence-electron chi connectivity index (χ2n) is 5.58. The summed E-state index contributed by atoms with van der Waals surface area (Å²) in [6.45, 7) is 4.39. The second kappa shape index (κ2) is 6.79. The van der Waals surface area contributed by atoms with Crippen LogP contribution in [-0.2, 0) is 14.3 Å². The Kier molecular flexibility index (Phi) is 5.03. The first-order chi connectivity index (χ1) is 10.4. The monoisotopic (exact) mass is 307 g/mol. The van der Waals surface area contributed by atoms with Crippen LogP contribution < -0.4 is 10.1 Å². The zero-order valence-electron chi connectivity index (χ0n) is 12.8. The Morgan fingerprint density at radius 3 is 2.55 bits per heavy atom. The van der Waals surface area contributed by atoms with Crippen molar-refractivity contribution in [1.29, 1.82) is 0 Å². The minimum atomic E-state index is -1.25. The van der Waals surface area contributed by atoms with E-state index < -0.39 is 17.4 Å². The number of carbonyl (C=O) groups excluding carboxylic acids is 1. The molecule has 1 amide bonds. The number of ether oxygens (including phenoxy) is 2. The molecule has 6 nitrogen and oxygen atoms in total. The van der Waals surface area contributed by atoms with Gasteiger partial charge in [-0.05, 0) is 37.1 Å². The molecule has 0 spiro atoms. The summed E-state index contributed by atoms with van der Waals surface area (Å²) in [5.41, 5.74) is 0.968. The number of carboxylic acid groups (broad SMARTS) is 1. The summed E-state index contributed by atoms with van der Waals surface area (Å²) >= 11 is 0. The predicted octanol–water partition coefficient (Wildman–Crippen LogP) is 1.43. The fourth-order valence-corrected chi connectivity index (χ4v) is 2.37. The van der Waals surface area contributed by atoms with Crippen molar-refractivity contribution < 1.29 is 24.2 Å². The number of nitrogens with one attached hydrogen (secondary N) is 1. The molecule has 2 N–H and O–H groups in total. The lowest BCUT2D eigenvalue weighted by Gasteiger charge is -2.33. The fourth-order valence-electron chi connectivity index (χ4n) is 2.37. The van der Waals surface area contributed by atoms with Gasteiger partial charge in [-0.25, -0.2) is 4.79 Å². The molecule has 0 unspecified atom stereocenters. The van der Waals surface area contributed by atoms with Crippen LogP contribution in [-0.4, -0.2) is 42.3 Å². The van der Waals surface area contributed by atoms with E-state index in [0.717, 1.165) is 11.1 Å². The van der Waals surface area contributed by atoms with Crippen molar-refractivity contribution in [2.75, 3.05) is 19.8 Å². The summed E-state index contributed by atoms with van der Waals surface area (Å²) < 4.78 is 10.6. The Morgan fingerprint density at radius 1 is 1.27 bits per heavy atom. The van der Waals surface area contributed by atoms with Gasteiger partial charge in [0.05, 0.1) is 0 Å². The second-order valence-corrected chi connectivity index (χ2v) is 5.58. The number of hydrogen-bond donors (Lipinski definition) is 2. The van der Waals surface area contributed by atoms with Gasteiger partial charge in [-0.15, -0.1) is 0 Å². The van der Waals surface area contributed by atoms with Gasteiger partial charge < -0.3 is 19.9 Å². The summed E-state index contributed by atoms with van der Waals surface area (Å²) in [6, 6.07) is 5.56. The first-order valence-electron chi connectivity index (χ1n) is 7.25. The third-order valence-corrected chi connectivity index (χ3v) is 3.98. The van der Waals surface area contributed by atoms with Gasteiger partial charge >= 0.3 is 5.97 Å². The largest absolute Gasteiger partial charge is 0.484 e. The van der Waals surface area contributed by atoms with Crippen molar-refractivity contribution >= 4 is 11.9 Å². The maximum Gasteiger partial charge on any atom is 0.329 e. The number of carbonyl (C=O) groups is 2. The number of aliphatic carboxylic acids is 1. The molecule has 1 heterocycles. The molecular weight excluding hydrogens is 286 g/mol. The van der Waals surface area contributed by atoms with E-state index in [1.54, 1.807) is 6.07 Å². The molecule has 120 valence electrons. The van der Waals surface area contributed by atoms with Crippen LogP contribution >= 0.6 is 0 Å². The number of amides is 1. The van der Waals surface area contributed by atoms with Crippen LogP contribution in [0.4, 0.5) is 0 Å². The molecule has 1 saturated heterocycles. The van der Waals surface area contributed by atoms with Crippen molar-refractivity contribution in [2.24, 2.45) is 0 Å². The van der Waals surface area contributed by atoms with Gasteiger partial charge in [0.15, 0.2) is 6.61 Å². The minimum Gasteiger partial charge on any atom is -0.484 e. The average molecular weight is 307 g/mol. The Labute approximate surface area is 129 Å². The van der Waals surface area contributed by atoms with Crippen LogP contribution in [0.25, 0.3) is 0 Å². The van der Waals surface area contributed by atoms with E-state index in [9.17, 15) is 14.7 Å². The van der Waals surface area contributed by atoms with Gasteiger partial charge in [0.25, 0.3) is 5.91 Å². The summed E-state index contributed by atoms with van der Waals surface area (Å²) in [5, 5.41) is 12.0. The Bertz CT molecular complexity index is 564. The number of benzene rings is 1. The molecule has 2 rings (SSSR count). The van der Waals surface area contributed by atoms with Crippen molar-refractivity contribution in [3.63, 3.8) is 0 Å². The SMILES string of the molecule is Cc1ccc(OCC(=O)NC2(C(=O)O)CCOCC2)cc1C. The molecule has 0 saturated carbocycles. The first-order valence-corrected chi connectivity index (χ1v) is 7.25. The number of aryl methyl sites for hydroxylation is 2. The van der Waals surface area contributed by atoms with E-state index in [4.69, 9.17) is 9.47 Å². The summed E-state index contributed by atoms with van der Waals surface area (Å²) in [6.07, 6.45) is 0.523. The van der Waals surface area contributed by atoms with Gasteiger partial charge in [-0.1, -0.05) is 6.07 Å². The molecule has 0 atom stereocenters. The van der Waals surface area contributed by atoms with E-state index in [1.807, 2.05) is 26.0 Å². The van der Waals surface area contributed by atoms with Gasteiger partial charge in [-0.3, -0.25) is 4.79 Å². The van der Waals surface area contributed by atoms with E-state index in [-0.39, 0.29) is 19.4 Å². The molecule has 1 aromatic rings.